The van der Waals surface area contributed by atoms with E-state index in [9.17, 15) is 20.0 Å². The molecule has 1 amide bonds. The summed E-state index contributed by atoms with van der Waals surface area (Å²) in [6, 6.07) is 5.32. The Morgan fingerprint density at radius 2 is 1.89 bits per heavy atom. The molecule has 0 aromatic heterocycles. The first-order chi connectivity index (χ1) is 8.71. The van der Waals surface area contributed by atoms with Gasteiger partial charge in [0.1, 0.15) is 0 Å². The summed E-state index contributed by atoms with van der Waals surface area (Å²) in [5.41, 5.74) is -0.0547. The lowest BCUT2D eigenvalue weighted by Crippen LogP contribution is -2.39. The van der Waals surface area contributed by atoms with Crippen LogP contribution in [0.3, 0.4) is 0 Å². The van der Waals surface area contributed by atoms with E-state index in [0.717, 1.165) is 0 Å². The number of nitro groups is 1. The third-order valence-electron chi connectivity index (χ3n) is 2.80. The topological polar surface area (TPSA) is 92.5 Å². The maximum absolute atomic E-state index is 11.8. The number of hydrogen-bond donors (Lipinski definition) is 2. The first-order valence-electron chi connectivity index (χ1n) is 5.92. The van der Waals surface area contributed by atoms with E-state index >= 15 is 0 Å². The normalized spacial score (nSPS) is 12.8. The van der Waals surface area contributed by atoms with Crippen molar-refractivity contribution >= 4 is 11.6 Å². The summed E-state index contributed by atoms with van der Waals surface area (Å²) >= 11 is 0. The molecule has 0 radical (unpaired) electrons. The minimum absolute atomic E-state index is 0.0636. The Labute approximate surface area is 111 Å². The van der Waals surface area contributed by atoms with Crippen molar-refractivity contribution in [2.75, 3.05) is 6.54 Å². The zero-order valence-corrected chi connectivity index (χ0v) is 11.2. The van der Waals surface area contributed by atoms with Crippen molar-refractivity contribution in [1.82, 2.24) is 5.32 Å². The van der Waals surface area contributed by atoms with Crippen LogP contribution in [0.1, 0.15) is 31.1 Å². The number of amides is 1. The fraction of sp³-hybridized carbons (Fsp3) is 0.462. The van der Waals surface area contributed by atoms with Crippen LogP contribution in [-0.4, -0.2) is 28.6 Å². The van der Waals surface area contributed by atoms with E-state index < -0.39 is 11.0 Å². The molecule has 0 saturated carbocycles. The van der Waals surface area contributed by atoms with Crippen LogP contribution in [0, 0.1) is 15.5 Å². The molecule has 0 aliphatic carbocycles. The van der Waals surface area contributed by atoms with Crippen LogP contribution in [0.25, 0.3) is 0 Å². The van der Waals surface area contributed by atoms with Crippen LogP contribution in [0.2, 0.25) is 0 Å². The number of nitrogens with one attached hydrogen (secondary N) is 1. The maximum atomic E-state index is 11.8. The highest BCUT2D eigenvalue weighted by molar-refractivity contribution is 5.94. The molecule has 0 saturated heterocycles. The predicted octanol–water partition coefficient (Wildman–Crippen LogP) is 1.73. The van der Waals surface area contributed by atoms with E-state index in [2.05, 4.69) is 5.32 Å². The molecule has 6 heteroatoms. The van der Waals surface area contributed by atoms with Crippen LogP contribution in [0.15, 0.2) is 24.3 Å². The number of rotatable bonds is 4. The predicted molar refractivity (Wildman–Crippen MR) is 70.9 cm³/mol. The number of hydrogen-bond acceptors (Lipinski definition) is 4. The monoisotopic (exact) mass is 266 g/mol. The molecule has 0 bridgehead atoms. The van der Waals surface area contributed by atoms with E-state index in [4.69, 9.17) is 0 Å². The third-order valence-corrected chi connectivity index (χ3v) is 2.80. The van der Waals surface area contributed by atoms with Gasteiger partial charge in [-0.25, -0.2) is 0 Å². The van der Waals surface area contributed by atoms with Crippen LogP contribution < -0.4 is 5.32 Å². The quantitative estimate of drug-likeness (QED) is 0.641. The molecule has 1 aromatic rings. The van der Waals surface area contributed by atoms with Crippen molar-refractivity contribution in [2.24, 2.45) is 5.41 Å². The smallest absolute Gasteiger partial charge is 0.269 e. The maximum Gasteiger partial charge on any atom is 0.269 e. The summed E-state index contributed by atoms with van der Waals surface area (Å²) in [7, 11) is 0. The Balaban J connectivity index is 2.61. The van der Waals surface area contributed by atoms with Gasteiger partial charge in [0.15, 0.2) is 0 Å². The Morgan fingerprint density at radius 3 is 2.32 bits per heavy atom. The van der Waals surface area contributed by atoms with Gasteiger partial charge in [-0.1, -0.05) is 20.8 Å². The highest BCUT2D eigenvalue weighted by atomic mass is 16.6. The van der Waals surface area contributed by atoms with Gasteiger partial charge < -0.3 is 10.4 Å². The second kappa shape index (κ2) is 5.79. The Bertz CT molecular complexity index is 463. The molecule has 0 aliphatic heterocycles. The number of carbonyl (C=O) groups excluding carboxylic acids is 1. The number of benzene rings is 1. The highest BCUT2D eigenvalue weighted by Gasteiger charge is 2.22. The first-order valence-corrected chi connectivity index (χ1v) is 5.92. The average molecular weight is 266 g/mol. The lowest BCUT2D eigenvalue weighted by molar-refractivity contribution is -0.384. The summed E-state index contributed by atoms with van der Waals surface area (Å²) in [4.78, 5) is 21.7. The minimum atomic E-state index is -0.658. The van der Waals surface area contributed by atoms with Crippen molar-refractivity contribution in [3.05, 3.63) is 39.9 Å². The van der Waals surface area contributed by atoms with E-state index in [1.165, 1.54) is 24.3 Å². The van der Waals surface area contributed by atoms with Gasteiger partial charge in [-0.3, -0.25) is 14.9 Å². The van der Waals surface area contributed by atoms with Crippen molar-refractivity contribution < 1.29 is 14.8 Å². The van der Waals surface area contributed by atoms with Gasteiger partial charge in [-0.2, -0.15) is 0 Å². The molecule has 1 rings (SSSR count). The lowest BCUT2D eigenvalue weighted by Gasteiger charge is -2.25. The molecule has 1 aromatic carbocycles. The van der Waals surface area contributed by atoms with Crippen molar-refractivity contribution in [2.45, 2.75) is 26.9 Å². The lowest BCUT2D eigenvalue weighted by atomic mass is 9.89. The molecule has 0 heterocycles. The number of carbonyl (C=O) groups is 1. The molecule has 6 nitrogen and oxygen atoms in total. The van der Waals surface area contributed by atoms with Gasteiger partial charge in [0.25, 0.3) is 11.6 Å². The van der Waals surface area contributed by atoms with Gasteiger partial charge in [0, 0.05) is 24.2 Å². The second-order valence-electron chi connectivity index (χ2n) is 5.40. The van der Waals surface area contributed by atoms with Crippen LogP contribution in [-0.2, 0) is 0 Å². The molecule has 104 valence electrons. The van der Waals surface area contributed by atoms with Gasteiger partial charge in [-0.15, -0.1) is 0 Å². The SMILES string of the molecule is CC(C)(C)C(O)CNC(=O)c1ccc([N+](=O)[O-])cc1. The fourth-order valence-electron chi connectivity index (χ4n) is 1.33. The molecular formula is C13H18N2O4. The molecular weight excluding hydrogens is 248 g/mol. The average Bonchev–Trinajstić information content (AvgIpc) is 2.34. The summed E-state index contributed by atoms with van der Waals surface area (Å²) in [6.45, 7) is 5.75. The van der Waals surface area contributed by atoms with Crippen LogP contribution in [0.4, 0.5) is 5.69 Å². The summed E-state index contributed by atoms with van der Waals surface area (Å²) in [5, 5.41) is 22.9. The molecule has 0 aliphatic rings. The van der Waals surface area contributed by atoms with Gasteiger partial charge in [0.05, 0.1) is 11.0 Å². The zero-order valence-electron chi connectivity index (χ0n) is 11.2. The number of aliphatic hydroxyl groups is 1. The van der Waals surface area contributed by atoms with Crippen molar-refractivity contribution in [1.29, 1.82) is 0 Å². The fourth-order valence-corrected chi connectivity index (χ4v) is 1.33. The van der Waals surface area contributed by atoms with Crippen LogP contribution >= 0.6 is 0 Å². The Kier molecular flexibility index (Phi) is 4.61. The van der Waals surface area contributed by atoms with Crippen LogP contribution in [0.5, 0.6) is 0 Å². The molecule has 2 N–H and O–H groups in total. The molecule has 0 spiro atoms. The number of nitro benzene ring substituents is 1. The van der Waals surface area contributed by atoms with E-state index in [-0.39, 0.29) is 23.6 Å². The van der Waals surface area contributed by atoms with E-state index in [1.54, 1.807) is 0 Å². The first kappa shape index (κ1) is 15.1. The Hall–Kier alpha value is -1.95. The Morgan fingerprint density at radius 1 is 1.37 bits per heavy atom. The second-order valence-corrected chi connectivity index (χ2v) is 5.40. The van der Waals surface area contributed by atoms with Gasteiger partial charge in [-0.05, 0) is 17.5 Å². The number of aliphatic hydroxyl groups excluding tert-OH is 1. The highest BCUT2D eigenvalue weighted by Crippen LogP contribution is 2.18. The molecule has 0 fully saturated rings. The van der Waals surface area contributed by atoms with Crippen molar-refractivity contribution in [3.63, 3.8) is 0 Å². The molecule has 19 heavy (non-hydrogen) atoms. The number of nitrogens with zero attached hydrogens (tertiary/aromatic N) is 1. The molecule has 1 unspecified atom stereocenters. The summed E-state index contributed by atoms with van der Waals surface area (Å²) in [5.74, 6) is -0.363. The largest absolute Gasteiger partial charge is 0.391 e. The van der Waals surface area contributed by atoms with Gasteiger partial charge >= 0.3 is 0 Å². The van der Waals surface area contributed by atoms with E-state index in [0.29, 0.717) is 5.56 Å². The minimum Gasteiger partial charge on any atom is -0.391 e. The number of non-ortho nitro benzene ring substituents is 1. The summed E-state index contributed by atoms with van der Waals surface area (Å²) < 4.78 is 0. The van der Waals surface area contributed by atoms with Crippen molar-refractivity contribution in [3.8, 4) is 0 Å². The third kappa shape index (κ3) is 4.33. The summed E-state index contributed by atoms with van der Waals surface area (Å²) in [6.07, 6.45) is -0.658. The molecule has 1 atom stereocenters. The van der Waals surface area contributed by atoms with E-state index in [1.807, 2.05) is 20.8 Å². The standard InChI is InChI=1S/C13H18N2O4/c1-13(2,3)11(16)8-14-12(17)9-4-6-10(7-5-9)15(18)19/h4-7,11,16H,8H2,1-3H3,(H,14,17). The zero-order chi connectivity index (χ0) is 14.6. The van der Waals surface area contributed by atoms with Gasteiger partial charge in [0.2, 0.25) is 0 Å².